The molecule has 0 radical (unpaired) electrons. The minimum Gasteiger partial charge on any atom is -0.368 e. The molecule has 0 saturated heterocycles. The summed E-state index contributed by atoms with van der Waals surface area (Å²) in [5.74, 6) is -0.730. The Labute approximate surface area is 78.7 Å². The molecular weight excluding hydrogens is 192 g/mol. The Kier molecular flexibility index (Phi) is 4.35. The van der Waals surface area contributed by atoms with Crippen molar-refractivity contribution in [1.29, 1.82) is 0 Å². The van der Waals surface area contributed by atoms with E-state index in [9.17, 15) is 13.2 Å². The van der Waals surface area contributed by atoms with E-state index in [1.54, 1.807) is 6.92 Å². The Bertz CT molecular complexity index is 273. The second-order valence-corrected chi connectivity index (χ2v) is 4.94. The Hall–Kier alpha value is -0.620. The molecule has 5 nitrogen and oxygen atoms in total. The molecule has 0 aromatic heterocycles. The molecule has 0 saturated carbocycles. The van der Waals surface area contributed by atoms with Crippen LogP contribution in [0.3, 0.4) is 0 Å². The SMILES string of the molecule is CC[C@H](C)[C@@H](NS(C)(=O)=O)C(N)=O. The maximum atomic E-state index is 10.9. The number of sulfonamides is 1. The van der Waals surface area contributed by atoms with Crippen molar-refractivity contribution in [1.82, 2.24) is 4.72 Å². The number of nitrogens with one attached hydrogen (secondary N) is 1. The summed E-state index contributed by atoms with van der Waals surface area (Å²) >= 11 is 0. The lowest BCUT2D eigenvalue weighted by atomic mass is 10.00. The Morgan fingerprint density at radius 1 is 1.54 bits per heavy atom. The molecule has 0 aliphatic carbocycles. The smallest absolute Gasteiger partial charge is 0.235 e. The molecule has 3 N–H and O–H groups in total. The van der Waals surface area contributed by atoms with E-state index in [4.69, 9.17) is 5.73 Å². The fourth-order valence-electron chi connectivity index (χ4n) is 0.921. The van der Waals surface area contributed by atoms with Gasteiger partial charge in [0.25, 0.3) is 0 Å². The van der Waals surface area contributed by atoms with Gasteiger partial charge < -0.3 is 5.73 Å². The van der Waals surface area contributed by atoms with Crippen LogP contribution in [0, 0.1) is 5.92 Å². The van der Waals surface area contributed by atoms with Crippen LogP contribution in [0.25, 0.3) is 0 Å². The molecule has 2 atom stereocenters. The molecule has 0 unspecified atom stereocenters. The molecule has 0 aromatic rings. The highest BCUT2D eigenvalue weighted by atomic mass is 32.2. The Balaban J connectivity index is 4.54. The minimum absolute atomic E-state index is 0.0905. The summed E-state index contributed by atoms with van der Waals surface area (Å²) in [4.78, 5) is 10.9. The number of nitrogens with two attached hydrogens (primary N) is 1. The van der Waals surface area contributed by atoms with Gasteiger partial charge >= 0.3 is 0 Å². The van der Waals surface area contributed by atoms with Crippen LogP contribution in [0.2, 0.25) is 0 Å². The molecule has 78 valence electrons. The predicted molar refractivity (Wildman–Crippen MR) is 50.4 cm³/mol. The quantitative estimate of drug-likeness (QED) is 0.634. The van der Waals surface area contributed by atoms with E-state index >= 15 is 0 Å². The largest absolute Gasteiger partial charge is 0.368 e. The van der Waals surface area contributed by atoms with Gasteiger partial charge in [0, 0.05) is 0 Å². The van der Waals surface area contributed by atoms with Crippen molar-refractivity contribution in [3.63, 3.8) is 0 Å². The van der Waals surface area contributed by atoms with Gasteiger partial charge in [-0.1, -0.05) is 20.3 Å². The third kappa shape index (κ3) is 4.84. The zero-order valence-corrected chi connectivity index (χ0v) is 8.89. The van der Waals surface area contributed by atoms with E-state index < -0.39 is 22.0 Å². The molecule has 0 aromatic carbocycles. The summed E-state index contributed by atoms with van der Waals surface area (Å²) in [5.41, 5.74) is 5.05. The molecule has 0 aliphatic rings. The van der Waals surface area contributed by atoms with Crippen LogP contribution in [0.15, 0.2) is 0 Å². The number of rotatable bonds is 5. The van der Waals surface area contributed by atoms with Crippen molar-refractivity contribution in [2.45, 2.75) is 26.3 Å². The average Bonchev–Trinajstić information content (AvgIpc) is 1.96. The molecule has 0 heterocycles. The number of carbonyl (C=O) groups is 1. The first-order valence-corrected chi connectivity index (χ1v) is 5.93. The van der Waals surface area contributed by atoms with Gasteiger partial charge in [-0.3, -0.25) is 4.79 Å². The van der Waals surface area contributed by atoms with Crippen molar-refractivity contribution < 1.29 is 13.2 Å². The summed E-state index contributed by atoms with van der Waals surface area (Å²) in [7, 11) is -3.37. The molecule has 1 amide bonds. The van der Waals surface area contributed by atoms with Crippen molar-refractivity contribution in [3.8, 4) is 0 Å². The normalized spacial score (nSPS) is 16.5. The number of amides is 1. The number of hydrogen-bond acceptors (Lipinski definition) is 3. The van der Waals surface area contributed by atoms with Crippen LogP contribution < -0.4 is 10.5 Å². The summed E-state index contributed by atoms with van der Waals surface area (Å²) in [6.45, 7) is 3.64. The average molecular weight is 208 g/mol. The van der Waals surface area contributed by atoms with E-state index in [-0.39, 0.29) is 5.92 Å². The van der Waals surface area contributed by atoms with Crippen LogP contribution in [0.1, 0.15) is 20.3 Å². The zero-order chi connectivity index (χ0) is 10.6. The summed E-state index contributed by atoms with van der Waals surface area (Å²) < 4.78 is 23.9. The summed E-state index contributed by atoms with van der Waals surface area (Å²) in [6, 6.07) is -0.806. The maximum absolute atomic E-state index is 10.9. The lowest BCUT2D eigenvalue weighted by molar-refractivity contribution is -0.120. The first kappa shape index (κ1) is 12.4. The van der Waals surface area contributed by atoms with Crippen LogP contribution in [-0.4, -0.2) is 26.6 Å². The molecule has 0 bridgehead atoms. The monoisotopic (exact) mass is 208 g/mol. The van der Waals surface area contributed by atoms with E-state index in [1.165, 1.54) is 0 Å². The molecule has 6 heteroatoms. The van der Waals surface area contributed by atoms with Crippen LogP contribution in [-0.2, 0) is 14.8 Å². The second kappa shape index (κ2) is 4.57. The highest BCUT2D eigenvalue weighted by molar-refractivity contribution is 7.88. The van der Waals surface area contributed by atoms with Crippen LogP contribution in [0.5, 0.6) is 0 Å². The Morgan fingerprint density at radius 2 is 2.00 bits per heavy atom. The van der Waals surface area contributed by atoms with E-state index in [0.717, 1.165) is 6.26 Å². The fourth-order valence-corrected chi connectivity index (χ4v) is 1.73. The lowest BCUT2D eigenvalue weighted by Crippen LogP contribution is -2.47. The van der Waals surface area contributed by atoms with Gasteiger partial charge in [-0.15, -0.1) is 0 Å². The van der Waals surface area contributed by atoms with Gasteiger partial charge in [-0.25, -0.2) is 13.1 Å². The van der Waals surface area contributed by atoms with Crippen molar-refractivity contribution >= 4 is 15.9 Å². The minimum atomic E-state index is -3.37. The topological polar surface area (TPSA) is 89.3 Å². The first-order chi connectivity index (χ1) is 5.78. The van der Waals surface area contributed by atoms with Gasteiger partial charge in [0.15, 0.2) is 0 Å². The number of carbonyl (C=O) groups excluding carboxylic acids is 1. The van der Waals surface area contributed by atoms with E-state index in [0.29, 0.717) is 6.42 Å². The molecule has 0 fully saturated rings. The van der Waals surface area contributed by atoms with Gasteiger partial charge in [-0.2, -0.15) is 0 Å². The molecule has 13 heavy (non-hydrogen) atoms. The third-order valence-electron chi connectivity index (χ3n) is 1.86. The standard InChI is InChI=1S/C7H16N2O3S/c1-4-5(2)6(7(8)10)9-13(3,11)12/h5-6,9H,4H2,1-3H3,(H2,8,10)/t5-,6+/m0/s1. The number of hydrogen-bond donors (Lipinski definition) is 2. The Morgan fingerprint density at radius 3 is 2.23 bits per heavy atom. The van der Waals surface area contributed by atoms with Gasteiger partial charge in [0.05, 0.1) is 6.26 Å². The van der Waals surface area contributed by atoms with E-state index in [2.05, 4.69) is 4.72 Å². The first-order valence-electron chi connectivity index (χ1n) is 4.04. The lowest BCUT2D eigenvalue weighted by Gasteiger charge is -2.19. The molecule has 0 spiro atoms. The highest BCUT2D eigenvalue weighted by Crippen LogP contribution is 2.07. The number of primary amides is 1. The van der Waals surface area contributed by atoms with Crippen LogP contribution >= 0.6 is 0 Å². The summed E-state index contributed by atoms with van der Waals surface area (Å²) in [5, 5.41) is 0. The van der Waals surface area contributed by atoms with Crippen molar-refractivity contribution in [3.05, 3.63) is 0 Å². The molecular formula is C7H16N2O3S. The maximum Gasteiger partial charge on any atom is 0.235 e. The van der Waals surface area contributed by atoms with Gasteiger partial charge in [0.2, 0.25) is 15.9 Å². The second-order valence-electron chi connectivity index (χ2n) is 3.16. The van der Waals surface area contributed by atoms with Gasteiger partial charge in [-0.05, 0) is 5.92 Å². The van der Waals surface area contributed by atoms with E-state index in [1.807, 2.05) is 6.92 Å². The molecule has 0 aliphatic heterocycles. The van der Waals surface area contributed by atoms with Crippen molar-refractivity contribution in [2.75, 3.05) is 6.26 Å². The summed E-state index contributed by atoms with van der Waals surface area (Å²) in [6.07, 6.45) is 1.70. The van der Waals surface area contributed by atoms with Gasteiger partial charge in [0.1, 0.15) is 6.04 Å². The predicted octanol–water partition coefficient (Wildman–Crippen LogP) is -0.564. The van der Waals surface area contributed by atoms with Crippen molar-refractivity contribution in [2.24, 2.45) is 11.7 Å². The van der Waals surface area contributed by atoms with Crippen LogP contribution in [0.4, 0.5) is 0 Å². The fraction of sp³-hybridized carbons (Fsp3) is 0.857. The highest BCUT2D eigenvalue weighted by Gasteiger charge is 2.24. The molecule has 0 rings (SSSR count). The third-order valence-corrected chi connectivity index (χ3v) is 2.54. The zero-order valence-electron chi connectivity index (χ0n) is 8.07.